The number of hydrogen-bond donors (Lipinski definition) is 2. The summed E-state index contributed by atoms with van der Waals surface area (Å²) >= 11 is 0. The molecule has 3 rings (SSSR count). The zero-order valence-corrected chi connectivity index (χ0v) is 16.1. The monoisotopic (exact) mass is 428 g/mol. The van der Waals surface area contributed by atoms with Crippen LogP contribution in [0.3, 0.4) is 0 Å². The number of aromatic nitrogens is 3. The van der Waals surface area contributed by atoms with Crippen LogP contribution in [0.2, 0.25) is 0 Å². The second-order valence-electron chi connectivity index (χ2n) is 6.51. The van der Waals surface area contributed by atoms with E-state index in [1.54, 1.807) is 42.0 Å². The summed E-state index contributed by atoms with van der Waals surface area (Å²) < 4.78 is 33.4. The van der Waals surface area contributed by atoms with Crippen molar-refractivity contribution in [3.63, 3.8) is 0 Å². The third kappa shape index (κ3) is 5.55. The molecule has 1 amide bonds. The number of nitrogens with zero attached hydrogens (tertiary/aromatic N) is 4. The summed E-state index contributed by atoms with van der Waals surface area (Å²) in [7, 11) is 1.78. The van der Waals surface area contributed by atoms with Crippen molar-refractivity contribution >= 4 is 17.8 Å². The Morgan fingerprint density at radius 1 is 1.13 bits per heavy atom. The van der Waals surface area contributed by atoms with Crippen LogP contribution in [0, 0.1) is 0 Å². The van der Waals surface area contributed by atoms with Crippen LogP contribution in [0.15, 0.2) is 18.5 Å². The minimum Gasteiger partial charge on any atom is -0.478 e. The number of aliphatic carboxylic acids is 1. The Labute approximate surface area is 168 Å². The quantitative estimate of drug-likeness (QED) is 0.747. The summed E-state index contributed by atoms with van der Waals surface area (Å²) in [4.78, 5) is 38.4. The van der Waals surface area contributed by atoms with Gasteiger partial charge in [0.2, 0.25) is 5.91 Å². The van der Waals surface area contributed by atoms with Crippen molar-refractivity contribution < 1.29 is 37.8 Å². The molecule has 0 radical (unpaired) electrons. The summed E-state index contributed by atoms with van der Waals surface area (Å²) in [5, 5.41) is 20.7. The van der Waals surface area contributed by atoms with Crippen LogP contribution in [0.5, 0.6) is 0 Å². The number of halogens is 3. The number of pyridine rings is 1. The van der Waals surface area contributed by atoms with Gasteiger partial charge < -0.3 is 15.1 Å². The van der Waals surface area contributed by atoms with Crippen molar-refractivity contribution in [3.8, 4) is 11.3 Å². The lowest BCUT2D eigenvalue weighted by atomic mass is 10.0. The summed E-state index contributed by atoms with van der Waals surface area (Å²) in [6.45, 7) is 2.75. The number of amides is 1. The van der Waals surface area contributed by atoms with Crippen molar-refractivity contribution in [1.82, 2.24) is 19.7 Å². The molecule has 3 heterocycles. The van der Waals surface area contributed by atoms with E-state index >= 15 is 0 Å². The highest BCUT2D eigenvalue weighted by Crippen LogP contribution is 2.26. The fourth-order valence-corrected chi connectivity index (χ4v) is 2.88. The lowest BCUT2D eigenvalue weighted by Crippen LogP contribution is -2.30. The maximum absolute atomic E-state index is 11.6. The number of hydrogen-bond acceptors (Lipinski definition) is 5. The Morgan fingerprint density at radius 3 is 2.20 bits per heavy atom. The Bertz CT molecular complexity index is 971. The number of aromatic carboxylic acids is 1. The Hall–Kier alpha value is -3.44. The first-order valence-electron chi connectivity index (χ1n) is 8.71. The molecule has 12 heteroatoms. The second kappa shape index (κ2) is 8.93. The molecule has 0 saturated carbocycles. The standard InChI is InChI=1S/C16H18N4O3.C2HF3O2/c1-10(21)20-5-3-11-7-13(16(22)23)15(18-14(11)4-6-20)12-8-17-19(2)9-12;3-2(4,5)1(6)7/h7-9H,3-6H2,1-2H3,(H,22,23);(H,6,7). The number of carboxylic acid groups (broad SMARTS) is 2. The van der Waals surface area contributed by atoms with Gasteiger partial charge in [0, 0.05) is 50.9 Å². The Kier molecular flexibility index (Phi) is 6.80. The molecule has 0 fully saturated rings. The molecule has 1 aliphatic heterocycles. The van der Waals surface area contributed by atoms with Gasteiger partial charge in [0.15, 0.2) is 0 Å². The highest BCUT2D eigenvalue weighted by atomic mass is 19.4. The highest BCUT2D eigenvalue weighted by molar-refractivity contribution is 5.95. The van der Waals surface area contributed by atoms with Crippen LogP contribution in [-0.4, -0.2) is 67.0 Å². The number of fused-ring (bicyclic) bond motifs is 1. The molecule has 0 bridgehead atoms. The smallest absolute Gasteiger partial charge is 0.478 e. The molecule has 0 unspecified atom stereocenters. The van der Waals surface area contributed by atoms with Crippen LogP contribution >= 0.6 is 0 Å². The van der Waals surface area contributed by atoms with Gasteiger partial charge in [-0.15, -0.1) is 0 Å². The molecule has 9 nitrogen and oxygen atoms in total. The van der Waals surface area contributed by atoms with E-state index in [2.05, 4.69) is 10.1 Å². The van der Waals surface area contributed by atoms with Gasteiger partial charge in [0.1, 0.15) is 0 Å². The largest absolute Gasteiger partial charge is 0.490 e. The zero-order chi connectivity index (χ0) is 22.6. The molecule has 1 aliphatic rings. The van der Waals surface area contributed by atoms with E-state index in [0.29, 0.717) is 37.2 Å². The van der Waals surface area contributed by atoms with Gasteiger partial charge in [-0.05, 0) is 18.1 Å². The van der Waals surface area contributed by atoms with E-state index in [1.165, 1.54) is 0 Å². The molecule has 2 aromatic rings. The van der Waals surface area contributed by atoms with Crippen LogP contribution < -0.4 is 0 Å². The van der Waals surface area contributed by atoms with Gasteiger partial charge in [-0.3, -0.25) is 14.5 Å². The summed E-state index contributed by atoms with van der Waals surface area (Å²) in [5.74, 6) is -3.73. The molecule has 0 aliphatic carbocycles. The third-order valence-electron chi connectivity index (χ3n) is 4.36. The van der Waals surface area contributed by atoms with E-state index in [-0.39, 0.29) is 11.5 Å². The molecule has 0 atom stereocenters. The summed E-state index contributed by atoms with van der Waals surface area (Å²) in [6, 6.07) is 1.69. The van der Waals surface area contributed by atoms with Crippen LogP contribution in [0.25, 0.3) is 11.3 Å². The molecule has 162 valence electrons. The minimum atomic E-state index is -5.08. The number of aryl methyl sites for hydroxylation is 1. The van der Waals surface area contributed by atoms with Crippen molar-refractivity contribution in [2.45, 2.75) is 25.9 Å². The molecule has 2 aromatic heterocycles. The number of carbonyl (C=O) groups excluding carboxylic acids is 1. The first kappa shape index (κ1) is 22.8. The molecule has 0 aromatic carbocycles. The lowest BCUT2D eigenvalue weighted by Gasteiger charge is -2.17. The van der Waals surface area contributed by atoms with E-state index in [4.69, 9.17) is 9.90 Å². The number of carboxylic acids is 2. The Balaban J connectivity index is 0.000000396. The first-order valence-corrected chi connectivity index (χ1v) is 8.71. The van der Waals surface area contributed by atoms with Gasteiger partial charge in [0.05, 0.1) is 17.5 Å². The third-order valence-corrected chi connectivity index (χ3v) is 4.36. The molecule has 0 spiro atoms. The minimum absolute atomic E-state index is 0.0312. The highest BCUT2D eigenvalue weighted by Gasteiger charge is 2.38. The summed E-state index contributed by atoms with van der Waals surface area (Å²) in [6.07, 6.45) is -0.475. The SMILES string of the molecule is CC(=O)N1CCc2cc(C(=O)O)c(-c3cnn(C)c3)nc2CC1.O=C(O)C(F)(F)F. The van der Waals surface area contributed by atoms with Gasteiger partial charge in [-0.2, -0.15) is 18.3 Å². The van der Waals surface area contributed by atoms with Gasteiger partial charge in [0.25, 0.3) is 0 Å². The van der Waals surface area contributed by atoms with Gasteiger partial charge in [-0.25, -0.2) is 9.59 Å². The van der Waals surface area contributed by atoms with Gasteiger partial charge >= 0.3 is 18.1 Å². The Morgan fingerprint density at radius 2 is 1.73 bits per heavy atom. The van der Waals surface area contributed by atoms with Gasteiger partial charge in [-0.1, -0.05) is 0 Å². The normalized spacial score (nSPS) is 13.6. The number of carbonyl (C=O) groups is 3. The lowest BCUT2D eigenvalue weighted by molar-refractivity contribution is -0.192. The molecule has 0 saturated heterocycles. The van der Waals surface area contributed by atoms with Crippen molar-refractivity contribution in [3.05, 3.63) is 35.3 Å². The first-order chi connectivity index (χ1) is 13.9. The number of rotatable bonds is 2. The fraction of sp³-hybridized carbons (Fsp3) is 0.389. The van der Waals surface area contributed by atoms with Crippen molar-refractivity contribution in [2.75, 3.05) is 13.1 Å². The predicted molar refractivity (Wildman–Crippen MR) is 96.8 cm³/mol. The molecular formula is C18H19F3N4O5. The topological polar surface area (TPSA) is 126 Å². The number of alkyl halides is 3. The van der Waals surface area contributed by atoms with E-state index in [0.717, 1.165) is 11.3 Å². The second-order valence-corrected chi connectivity index (χ2v) is 6.51. The zero-order valence-electron chi connectivity index (χ0n) is 16.1. The predicted octanol–water partition coefficient (Wildman–Crippen LogP) is 1.76. The van der Waals surface area contributed by atoms with Crippen molar-refractivity contribution in [2.24, 2.45) is 7.05 Å². The van der Waals surface area contributed by atoms with E-state index in [9.17, 15) is 27.9 Å². The average Bonchev–Trinajstić information content (AvgIpc) is 2.95. The molecule has 30 heavy (non-hydrogen) atoms. The van der Waals surface area contributed by atoms with Crippen LogP contribution in [0.1, 0.15) is 28.5 Å². The van der Waals surface area contributed by atoms with Crippen molar-refractivity contribution in [1.29, 1.82) is 0 Å². The van der Waals surface area contributed by atoms with Crippen LogP contribution in [0.4, 0.5) is 13.2 Å². The fourth-order valence-electron chi connectivity index (χ4n) is 2.88. The molecule has 2 N–H and O–H groups in total. The average molecular weight is 428 g/mol. The maximum Gasteiger partial charge on any atom is 0.490 e. The van der Waals surface area contributed by atoms with Crippen LogP contribution in [-0.2, 0) is 29.5 Å². The van der Waals surface area contributed by atoms with E-state index < -0.39 is 18.1 Å². The maximum atomic E-state index is 11.6. The summed E-state index contributed by atoms with van der Waals surface area (Å²) in [5.41, 5.74) is 3.05. The van der Waals surface area contributed by atoms with E-state index in [1.807, 2.05) is 0 Å². The molecular weight excluding hydrogens is 409 g/mol.